The molecule has 5 nitrogen and oxygen atoms in total. The van der Waals surface area contributed by atoms with Crippen LogP contribution in [0.2, 0.25) is 0 Å². The van der Waals surface area contributed by atoms with Crippen molar-refractivity contribution in [3.63, 3.8) is 0 Å². The number of hydrogen-bond donors (Lipinski definition) is 0. The Labute approximate surface area is 112 Å². The van der Waals surface area contributed by atoms with Gasteiger partial charge in [0, 0.05) is 6.07 Å². The number of benzene rings is 1. The molecule has 0 N–H and O–H groups in total. The smallest absolute Gasteiger partial charge is 0.347 e. The number of rotatable bonds is 6. The number of nitriles is 1. The minimum atomic E-state index is -0.682. The van der Waals surface area contributed by atoms with Crippen LogP contribution in [0.5, 0.6) is 11.5 Å². The maximum absolute atomic E-state index is 11.6. The lowest BCUT2D eigenvalue weighted by atomic mass is 10.2. The number of ether oxygens (including phenoxy) is 3. The molecule has 0 aliphatic rings. The lowest BCUT2D eigenvalue weighted by Crippen LogP contribution is -2.28. The van der Waals surface area contributed by atoms with Crippen molar-refractivity contribution < 1.29 is 19.0 Å². The van der Waals surface area contributed by atoms with Gasteiger partial charge < -0.3 is 14.2 Å². The minimum absolute atomic E-state index is 0.306. The van der Waals surface area contributed by atoms with Crippen LogP contribution in [0.3, 0.4) is 0 Å². The molecular weight excluding hydrogens is 246 g/mol. The van der Waals surface area contributed by atoms with Gasteiger partial charge in [0.25, 0.3) is 0 Å². The van der Waals surface area contributed by atoms with Crippen LogP contribution in [0.25, 0.3) is 0 Å². The Hall–Kier alpha value is -2.22. The maximum Gasteiger partial charge on any atom is 0.347 e. The zero-order valence-corrected chi connectivity index (χ0v) is 11.3. The molecule has 19 heavy (non-hydrogen) atoms. The van der Waals surface area contributed by atoms with Crippen LogP contribution in [0.1, 0.15) is 25.8 Å². The van der Waals surface area contributed by atoms with Crippen LogP contribution in [-0.4, -0.2) is 25.8 Å². The van der Waals surface area contributed by atoms with Crippen LogP contribution in [0.4, 0.5) is 0 Å². The summed E-state index contributed by atoms with van der Waals surface area (Å²) in [6, 6.07) is 6.79. The summed E-state index contributed by atoms with van der Waals surface area (Å²) < 4.78 is 15.6. The van der Waals surface area contributed by atoms with Crippen molar-refractivity contribution in [3.05, 3.63) is 23.8 Å². The third-order valence-corrected chi connectivity index (χ3v) is 2.44. The van der Waals surface area contributed by atoms with E-state index in [1.807, 2.05) is 13.0 Å². The SMILES string of the molecule is CCOC(=O)C(CC)Oc1cc(C#N)cc(OC)c1. The van der Waals surface area contributed by atoms with Crippen molar-refractivity contribution in [2.45, 2.75) is 26.4 Å². The lowest BCUT2D eigenvalue weighted by molar-refractivity contribution is -0.151. The summed E-state index contributed by atoms with van der Waals surface area (Å²) in [7, 11) is 1.50. The van der Waals surface area contributed by atoms with Gasteiger partial charge in [-0.25, -0.2) is 4.79 Å². The van der Waals surface area contributed by atoms with Crippen LogP contribution in [0, 0.1) is 11.3 Å². The van der Waals surface area contributed by atoms with E-state index >= 15 is 0 Å². The third-order valence-electron chi connectivity index (χ3n) is 2.44. The van der Waals surface area contributed by atoms with E-state index < -0.39 is 12.1 Å². The molecule has 5 heteroatoms. The third kappa shape index (κ3) is 4.18. The Balaban J connectivity index is 2.90. The van der Waals surface area contributed by atoms with Crippen molar-refractivity contribution >= 4 is 5.97 Å². The van der Waals surface area contributed by atoms with E-state index in [2.05, 4.69) is 0 Å². The Morgan fingerprint density at radius 2 is 2.00 bits per heavy atom. The monoisotopic (exact) mass is 263 g/mol. The summed E-state index contributed by atoms with van der Waals surface area (Å²) in [5.74, 6) is 0.509. The predicted octanol–water partition coefficient (Wildman–Crippen LogP) is 2.29. The number of carbonyl (C=O) groups is 1. The van der Waals surface area contributed by atoms with E-state index in [1.54, 1.807) is 25.1 Å². The van der Waals surface area contributed by atoms with Gasteiger partial charge in [0.05, 0.1) is 25.3 Å². The molecule has 0 aliphatic carbocycles. The molecule has 0 aliphatic heterocycles. The van der Waals surface area contributed by atoms with E-state index in [-0.39, 0.29) is 0 Å². The van der Waals surface area contributed by atoms with Gasteiger partial charge in [-0.15, -0.1) is 0 Å². The van der Waals surface area contributed by atoms with E-state index in [0.29, 0.717) is 30.1 Å². The van der Waals surface area contributed by atoms with Crippen LogP contribution < -0.4 is 9.47 Å². The van der Waals surface area contributed by atoms with E-state index in [0.717, 1.165) is 0 Å². The van der Waals surface area contributed by atoms with Gasteiger partial charge in [-0.2, -0.15) is 5.26 Å². The highest BCUT2D eigenvalue weighted by atomic mass is 16.6. The first-order valence-corrected chi connectivity index (χ1v) is 6.07. The number of methoxy groups -OCH3 is 1. The second-order valence-electron chi connectivity index (χ2n) is 3.78. The summed E-state index contributed by atoms with van der Waals surface area (Å²) >= 11 is 0. The molecule has 0 fully saturated rings. The first-order valence-electron chi connectivity index (χ1n) is 6.07. The summed E-state index contributed by atoms with van der Waals surface area (Å²) in [5, 5.41) is 8.91. The highest BCUT2D eigenvalue weighted by Gasteiger charge is 2.20. The molecule has 0 aromatic heterocycles. The normalized spacial score (nSPS) is 11.3. The quantitative estimate of drug-likeness (QED) is 0.736. The Bertz CT molecular complexity index is 479. The zero-order chi connectivity index (χ0) is 14.3. The number of carbonyl (C=O) groups excluding carboxylic acids is 1. The molecule has 0 spiro atoms. The standard InChI is InChI=1S/C14H17NO4/c1-4-13(14(16)18-5-2)19-12-7-10(9-15)6-11(8-12)17-3/h6-8,13H,4-5H2,1-3H3. The van der Waals surface area contributed by atoms with E-state index in [1.165, 1.54) is 7.11 Å². The molecule has 102 valence electrons. The molecular formula is C14H17NO4. The molecule has 0 saturated heterocycles. The van der Waals surface area contributed by atoms with Crippen LogP contribution in [0.15, 0.2) is 18.2 Å². The number of nitrogens with zero attached hydrogens (tertiary/aromatic N) is 1. The van der Waals surface area contributed by atoms with Gasteiger partial charge in [0.15, 0.2) is 6.10 Å². The van der Waals surface area contributed by atoms with E-state index in [9.17, 15) is 4.79 Å². The van der Waals surface area contributed by atoms with Crippen LogP contribution >= 0.6 is 0 Å². The van der Waals surface area contributed by atoms with Gasteiger partial charge >= 0.3 is 5.97 Å². The minimum Gasteiger partial charge on any atom is -0.497 e. The first-order chi connectivity index (χ1) is 9.14. The first kappa shape index (κ1) is 14.8. The second kappa shape index (κ2) is 7.27. The van der Waals surface area contributed by atoms with Gasteiger partial charge in [0.2, 0.25) is 0 Å². The molecule has 1 rings (SSSR count). The predicted molar refractivity (Wildman–Crippen MR) is 69.0 cm³/mol. The van der Waals surface area contributed by atoms with Crippen molar-refractivity contribution in [1.29, 1.82) is 5.26 Å². The summed E-state index contributed by atoms with van der Waals surface area (Å²) in [6.45, 7) is 3.87. The molecule has 0 heterocycles. The molecule has 1 aromatic rings. The number of hydrogen-bond acceptors (Lipinski definition) is 5. The Morgan fingerprint density at radius 1 is 1.32 bits per heavy atom. The van der Waals surface area contributed by atoms with Crippen molar-refractivity contribution in [3.8, 4) is 17.6 Å². The largest absolute Gasteiger partial charge is 0.497 e. The fraction of sp³-hybridized carbons (Fsp3) is 0.429. The highest BCUT2D eigenvalue weighted by molar-refractivity contribution is 5.75. The zero-order valence-electron chi connectivity index (χ0n) is 11.3. The molecule has 0 radical (unpaired) electrons. The molecule has 0 bridgehead atoms. The van der Waals surface area contributed by atoms with Crippen molar-refractivity contribution in [2.75, 3.05) is 13.7 Å². The Morgan fingerprint density at radius 3 is 2.53 bits per heavy atom. The lowest BCUT2D eigenvalue weighted by Gasteiger charge is -2.16. The second-order valence-corrected chi connectivity index (χ2v) is 3.78. The topological polar surface area (TPSA) is 68.5 Å². The summed E-state index contributed by atoms with van der Waals surface area (Å²) in [5.41, 5.74) is 0.410. The molecule has 1 unspecified atom stereocenters. The molecule has 1 aromatic carbocycles. The van der Waals surface area contributed by atoms with Crippen molar-refractivity contribution in [1.82, 2.24) is 0 Å². The molecule has 0 saturated carbocycles. The highest BCUT2D eigenvalue weighted by Crippen LogP contribution is 2.24. The van der Waals surface area contributed by atoms with E-state index in [4.69, 9.17) is 19.5 Å². The maximum atomic E-state index is 11.6. The fourth-order valence-corrected chi connectivity index (χ4v) is 1.52. The Kier molecular flexibility index (Phi) is 5.68. The average Bonchev–Trinajstić information content (AvgIpc) is 2.44. The molecule has 0 amide bonds. The summed E-state index contributed by atoms with van der Waals surface area (Å²) in [4.78, 5) is 11.6. The number of esters is 1. The van der Waals surface area contributed by atoms with Gasteiger partial charge in [-0.3, -0.25) is 0 Å². The van der Waals surface area contributed by atoms with Crippen molar-refractivity contribution in [2.24, 2.45) is 0 Å². The fourth-order valence-electron chi connectivity index (χ4n) is 1.52. The molecule has 1 atom stereocenters. The average molecular weight is 263 g/mol. The van der Waals surface area contributed by atoms with Crippen LogP contribution in [-0.2, 0) is 9.53 Å². The van der Waals surface area contributed by atoms with Gasteiger partial charge in [-0.05, 0) is 25.5 Å². The summed E-state index contributed by atoms with van der Waals surface area (Å²) in [6.07, 6.45) is -0.198. The van der Waals surface area contributed by atoms with Gasteiger partial charge in [0.1, 0.15) is 11.5 Å². The van der Waals surface area contributed by atoms with Gasteiger partial charge in [-0.1, -0.05) is 6.92 Å².